The third kappa shape index (κ3) is 4.75. The zero-order valence-corrected chi connectivity index (χ0v) is 14.4. The fraction of sp³-hybridized carbons (Fsp3) is 0.429. The molecule has 0 spiro atoms. The van der Waals surface area contributed by atoms with Gasteiger partial charge < -0.3 is 15.2 Å². The van der Waals surface area contributed by atoms with Gasteiger partial charge in [-0.15, -0.1) is 0 Å². The van der Waals surface area contributed by atoms with Crippen LogP contribution in [0.15, 0.2) is 48.5 Å². The number of aryl methyl sites for hydroxylation is 1. The minimum atomic E-state index is 0.340. The van der Waals surface area contributed by atoms with Crippen LogP contribution >= 0.6 is 0 Å². The Bertz CT molecular complexity index is 621. The molecular weight excluding hydrogens is 298 g/mol. The first kappa shape index (κ1) is 16.8. The Hall–Kier alpha value is -2.00. The lowest BCUT2D eigenvalue weighted by molar-refractivity contribution is 0.306. The molecular formula is C21H27NO2. The highest BCUT2D eigenvalue weighted by Crippen LogP contribution is 2.21. The maximum atomic E-state index is 9.39. The van der Waals surface area contributed by atoms with Gasteiger partial charge in [0.25, 0.3) is 0 Å². The quantitative estimate of drug-likeness (QED) is 0.840. The van der Waals surface area contributed by atoms with Crippen molar-refractivity contribution in [3.05, 3.63) is 59.7 Å². The van der Waals surface area contributed by atoms with Crippen LogP contribution in [0.1, 0.15) is 36.8 Å². The zero-order chi connectivity index (χ0) is 16.8. The second kappa shape index (κ2) is 8.20. The van der Waals surface area contributed by atoms with E-state index in [4.69, 9.17) is 4.74 Å². The van der Waals surface area contributed by atoms with E-state index in [0.717, 1.165) is 18.6 Å². The number of phenols is 1. The van der Waals surface area contributed by atoms with Gasteiger partial charge in [0.15, 0.2) is 0 Å². The molecule has 3 nitrogen and oxygen atoms in total. The second-order valence-electron chi connectivity index (χ2n) is 6.75. The van der Waals surface area contributed by atoms with Crippen LogP contribution in [0, 0.1) is 0 Å². The van der Waals surface area contributed by atoms with Gasteiger partial charge in [0.2, 0.25) is 0 Å². The molecule has 1 heterocycles. The molecule has 0 amide bonds. The van der Waals surface area contributed by atoms with Crippen LogP contribution in [0.25, 0.3) is 0 Å². The molecule has 2 aromatic rings. The van der Waals surface area contributed by atoms with Gasteiger partial charge in [-0.25, -0.2) is 0 Å². The first-order valence-corrected chi connectivity index (χ1v) is 8.90. The predicted molar refractivity (Wildman–Crippen MR) is 97.7 cm³/mol. The third-order valence-electron chi connectivity index (χ3n) is 4.94. The summed E-state index contributed by atoms with van der Waals surface area (Å²) in [4.78, 5) is 0. The number of aromatic hydroxyl groups is 1. The monoisotopic (exact) mass is 325 g/mol. The van der Waals surface area contributed by atoms with Crippen molar-refractivity contribution in [2.75, 3.05) is 7.11 Å². The molecule has 2 atom stereocenters. The fourth-order valence-electron chi connectivity index (χ4n) is 3.55. The number of nitrogens with one attached hydrogen (secondary N) is 1. The normalized spacial score (nSPS) is 20.7. The van der Waals surface area contributed by atoms with Crippen molar-refractivity contribution in [1.29, 1.82) is 0 Å². The van der Waals surface area contributed by atoms with Crippen LogP contribution in [-0.4, -0.2) is 24.3 Å². The summed E-state index contributed by atoms with van der Waals surface area (Å²) in [6.45, 7) is 0. The van der Waals surface area contributed by atoms with Gasteiger partial charge in [-0.1, -0.05) is 30.7 Å². The van der Waals surface area contributed by atoms with E-state index < -0.39 is 0 Å². The highest BCUT2D eigenvalue weighted by molar-refractivity contribution is 5.28. The number of piperidine rings is 1. The summed E-state index contributed by atoms with van der Waals surface area (Å²) in [5.41, 5.74) is 2.67. The maximum Gasteiger partial charge on any atom is 0.118 e. The van der Waals surface area contributed by atoms with Crippen molar-refractivity contribution in [3.63, 3.8) is 0 Å². The SMILES string of the molecule is COc1ccc(CCC2CCCC(Cc3ccc(O)cc3)N2)cc1. The topological polar surface area (TPSA) is 41.5 Å². The Morgan fingerprint density at radius 2 is 1.62 bits per heavy atom. The van der Waals surface area contributed by atoms with E-state index in [2.05, 4.69) is 17.4 Å². The van der Waals surface area contributed by atoms with E-state index in [9.17, 15) is 5.11 Å². The lowest BCUT2D eigenvalue weighted by Crippen LogP contribution is -2.43. The molecule has 1 aliphatic rings. The molecule has 0 aliphatic carbocycles. The smallest absolute Gasteiger partial charge is 0.118 e. The Kier molecular flexibility index (Phi) is 5.76. The molecule has 2 unspecified atom stereocenters. The Morgan fingerprint density at radius 3 is 2.33 bits per heavy atom. The molecule has 1 aliphatic heterocycles. The van der Waals surface area contributed by atoms with Crippen molar-refractivity contribution in [2.24, 2.45) is 0 Å². The molecule has 24 heavy (non-hydrogen) atoms. The van der Waals surface area contributed by atoms with E-state index in [1.165, 1.54) is 36.8 Å². The molecule has 128 valence electrons. The first-order chi connectivity index (χ1) is 11.7. The fourth-order valence-corrected chi connectivity index (χ4v) is 3.55. The number of hydrogen-bond acceptors (Lipinski definition) is 3. The standard InChI is InChI=1S/C21H27NO2/c1-24-21-13-8-16(9-14-21)5-10-18-3-2-4-19(22-18)15-17-6-11-20(23)12-7-17/h6-9,11-14,18-19,22-23H,2-5,10,15H2,1H3. The van der Waals surface area contributed by atoms with Gasteiger partial charge in [0.05, 0.1) is 7.11 Å². The minimum Gasteiger partial charge on any atom is -0.508 e. The molecule has 2 aromatic carbocycles. The van der Waals surface area contributed by atoms with Crippen molar-refractivity contribution < 1.29 is 9.84 Å². The Balaban J connectivity index is 1.48. The third-order valence-corrected chi connectivity index (χ3v) is 4.94. The average Bonchev–Trinajstić information content (AvgIpc) is 2.63. The summed E-state index contributed by atoms with van der Waals surface area (Å²) in [5, 5.41) is 13.2. The Labute approximate surface area is 144 Å². The van der Waals surface area contributed by atoms with Gasteiger partial charge in [-0.2, -0.15) is 0 Å². The van der Waals surface area contributed by atoms with Gasteiger partial charge in [0.1, 0.15) is 11.5 Å². The van der Waals surface area contributed by atoms with Crippen LogP contribution in [0.2, 0.25) is 0 Å². The lowest BCUT2D eigenvalue weighted by atomic mass is 9.91. The molecule has 1 fully saturated rings. The summed E-state index contributed by atoms with van der Waals surface area (Å²) < 4.78 is 5.21. The van der Waals surface area contributed by atoms with E-state index >= 15 is 0 Å². The largest absolute Gasteiger partial charge is 0.508 e. The molecule has 0 aromatic heterocycles. The van der Waals surface area contributed by atoms with Crippen LogP contribution in [0.5, 0.6) is 11.5 Å². The number of rotatable bonds is 6. The van der Waals surface area contributed by atoms with Crippen LogP contribution < -0.4 is 10.1 Å². The summed E-state index contributed by atoms with van der Waals surface area (Å²) in [5.74, 6) is 1.26. The number of benzene rings is 2. The van der Waals surface area contributed by atoms with E-state index in [-0.39, 0.29) is 0 Å². The van der Waals surface area contributed by atoms with Crippen LogP contribution in [-0.2, 0) is 12.8 Å². The summed E-state index contributed by atoms with van der Waals surface area (Å²) in [6.07, 6.45) is 7.12. The van der Waals surface area contributed by atoms with Crippen LogP contribution in [0.4, 0.5) is 0 Å². The van der Waals surface area contributed by atoms with Crippen molar-refractivity contribution in [1.82, 2.24) is 5.32 Å². The maximum absolute atomic E-state index is 9.39. The highest BCUT2D eigenvalue weighted by Gasteiger charge is 2.20. The summed E-state index contributed by atoms with van der Waals surface area (Å²) in [7, 11) is 1.70. The van der Waals surface area contributed by atoms with Gasteiger partial charge >= 0.3 is 0 Å². The van der Waals surface area contributed by atoms with Gasteiger partial charge in [-0.05, 0) is 67.5 Å². The van der Waals surface area contributed by atoms with E-state index in [1.807, 2.05) is 24.3 Å². The van der Waals surface area contributed by atoms with Gasteiger partial charge in [0, 0.05) is 12.1 Å². The number of hydrogen-bond donors (Lipinski definition) is 2. The predicted octanol–water partition coefficient (Wildman–Crippen LogP) is 4.09. The number of methoxy groups -OCH3 is 1. The van der Waals surface area contributed by atoms with Gasteiger partial charge in [-0.3, -0.25) is 0 Å². The van der Waals surface area contributed by atoms with Crippen molar-refractivity contribution >= 4 is 0 Å². The molecule has 0 bridgehead atoms. The van der Waals surface area contributed by atoms with E-state index in [1.54, 1.807) is 19.2 Å². The van der Waals surface area contributed by atoms with Crippen molar-refractivity contribution in [2.45, 2.75) is 50.6 Å². The lowest BCUT2D eigenvalue weighted by Gasteiger charge is -2.31. The van der Waals surface area contributed by atoms with Crippen molar-refractivity contribution in [3.8, 4) is 11.5 Å². The second-order valence-corrected chi connectivity index (χ2v) is 6.75. The molecule has 2 N–H and O–H groups in total. The highest BCUT2D eigenvalue weighted by atomic mass is 16.5. The minimum absolute atomic E-state index is 0.340. The summed E-state index contributed by atoms with van der Waals surface area (Å²) in [6, 6.07) is 17.2. The Morgan fingerprint density at radius 1 is 0.958 bits per heavy atom. The molecule has 3 heteroatoms. The summed E-state index contributed by atoms with van der Waals surface area (Å²) >= 11 is 0. The molecule has 1 saturated heterocycles. The zero-order valence-electron chi connectivity index (χ0n) is 14.4. The van der Waals surface area contributed by atoms with E-state index in [0.29, 0.717) is 17.8 Å². The molecule has 3 rings (SSSR count). The number of ether oxygens (including phenoxy) is 1. The molecule has 0 saturated carbocycles. The average molecular weight is 325 g/mol. The van der Waals surface area contributed by atoms with Crippen LogP contribution in [0.3, 0.4) is 0 Å². The molecule has 0 radical (unpaired) electrons. The first-order valence-electron chi connectivity index (χ1n) is 8.90. The number of phenolic OH excluding ortho intramolecular Hbond substituents is 1.